The van der Waals surface area contributed by atoms with Crippen LogP contribution in [0.1, 0.15) is 0 Å². The molecule has 0 N–H and O–H groups in total. The minimum Gasteiger partial charge on any atom is -0.455 e. The van der Waals surface area contributed by atoms with E-state index >= 15 is 0 Å². The number of benzene rings is 8. The zero-order chi connectivity index (χ0) is 35.6. The molecule has 0 spiro atoms. The summed E-state index contributed by atoms with van der Waals surface area (Å²) in [6.45, 7) is 0. The van der Waals surface area contributed by atoms with E-state index < -0.39 is 0 Å². The van der Waals surface area contributed by atoms with Crippen molar-refractivity contribution >= 4 is 54.6 Å². The van der Waals surface area contributed by atoms with E-state index in [2.05, 4.69) is 127 Å². The van der Waals surface area contributed by atoms with Gasteiger partial charge in [0.2, 0.25) is 0 Å². The Bertz CT molecular complexity index is 3200. The minimum atomic E-state index is 0.542. The molecule has 11 aromatic rings. The van der Waals surface area contributed by atoms with E-state index in [1.54, 1.807) is 0 Å². The standard InChI is InChI=1S/C49H29N3O2/c1-3-12-30(13-4-1)32-22-24-33(25-23-32)47-50-48(40-20-11-19-39-36-17-9-10-21-43(36)53-45(39)40)52-49(51-47)42-29-41-37-27-26-34(31-14-5-2-6-15-31)28-44(37)54-46(41)38-18-8-7-16-35(38)42/h1-29H. The molecule has 0 unspecified atom stereocenters. The second-order valence-corrected chi connectivity index (χ2v) is 13.6. The van der Waals surface area contributed by atoms with Crippen molar-refractivity contribution in [1.29, 1.82) is 0 Å². The fraction of sp³-hybridized carbons (Fsp3) is 0. The molecule has 5 heteroatoms. The average Bonchev–Trinajstić information content (AvgIpc) is 3.82. The van der Waals surface area contributed by atoms with Crippen molar-refractivity contribution in [2.75, 3.05) is 0 Å². The van der Waals surface area contributed by atoms with Gasteiger partial charge in [-0.15, -0.1) is 0 Å². The molecule has 0 fully saturated rings. The topological polar surface area (TPSA) is 65.0 Å². The highest BCUT2D eigenvalue weighted by Crippen LogP contribution is 2.41. The minimum absolute atomic E-state index is 0.542. The zero-order valence-corrected chi connectivity index (χ0v) is 28.9. The summed E-state index contributed by atoms with van der Waals surface area (Å²) in [6.07, 6.45) is 0. The van der Waals surface area contributed by atoms with Crippen LogP contribution in [-0.4, -0.2) is 15.0 Å². The van der Waals surface area contributed by atoms with Crippen LogP contribution in [-0.2, 0) is 0 Å². The first-order chi connectivity index (χ1) is 26.7. The van der Waals surface area contributed by atoms with Crippen LogP contribution in [0.25, 0.3) is 111 Å². The molecule has 0 saturated carbocycles. The van der Waals surface area contributed by atoms with Gasteiger partial charge in [0.05, 0.1) is 5.56 Å². The van der Waals surface area contributed by atoms with Crippen molar-refractivity contribution in [3.8, 4) is 56.4 Å². The Hall–Kier alpha value is -7.37. The molecule has 8 aromatic carbocycles. The Morgan fingerprint density at radius 1 is 0.278 bits per heavy atom. The Labute approximate surface area is 309 Å². The highest BCUT2D eigenvalue weighted by atomic mass is 16.3. The predicted octanol–water partition coefficient (Wildman–Crippen LogP) is 13.2. The van der Waals surface area contributed by atoms with Crippen molar-refractivity contribution in [3.63, 3.8) is 0 Å². The Morgan fingerprint density at radius 3 is 1.57 bits per heavy atom. The first kappa shape index (κ1) is 30.3. The molecule has 252 valence electrons. The van der Waals surface area contributed by atoms with Gasteiger partial charge in [-0.1, -0.05) is 146 Å². The average molecular weight is 692 g/mol. The summed E-state index contributed by atoms with van der Waals surface area (Å²) in [6, 6.07) is 60.4. The second-order valence-electron chi connectivity index (χ2n) is 13.6. The summed E-state index contributed by atoms with van der Waals surface area (Å²) in [5, 5.41) is 6.11. The van der Waals surface area contributed by atoms with Crippen LogP contribution in [0.3, 0.4) is 0 Å². The smallest absolute Gasteiger partial charge is 0.167 e. The molecular weight excluding hydrogens is 663 g/mol. The molecule has 11 rings (SSSR count). The SMILES string of the molecule is c1ccc(-c2ccc(-c3nc(-c4cc5c6ccc(-c7ccccc7)cc6oc5c5ccccc45)nc(-c4cccc5c4oc4ccccc45)n3)cc2)cc1. The molecule has 0 bridgehead atoms. The summed E-state index contributed by atoms with van der Waals surface area (Å²) in [5.41, 5.74) is 10.4. The summed E-state index contributed by atoms with van der Waals surface area (Å²) < 4.78 is 13.2. The summed E-state index contributed by atoms with van der Waals surface area (Å²) in [7, 11) is 0. The number of para-hydroxylation sites is 2. The number of rotatable bonds is 5. The Balaban J connectivity index is 1.15. The third-order valence-electron chi connectivity index (χ3n) is 10.4. The highest BCUT2D eigenvalue weighted by Gasteiger charge is 2.21. The molecule has 0 aliphatic carbocycles. The van der Waals surface area contributed by atoms with E-state index in [-0.39, 0.29) is 0 Å². The lowest BCUT2D eigenvalue weighted by atomic mass is 9.98. The van der Waals surface area contributed by atoms with Gasteiger partial charge in [0.15, 0.2) is 17.5 Å². The van der Waals surface area contributed by atoms with Gasteiger partial charge in [-0.05, 0) is 58.0 Å². The molecular formula is C49H29N3O2. The number of hydrogen-bond acceptors (Lipinski definition) is 5. The van der Waals surface area contributed by atoms with Crippen LogP contribution in [0.2, 0.25) is 0 Å². The van der Waals surface area contributed by atoms with Gasteiger partial charge in [-0.3, -0.25) is 0 Å². The van der Waals surface area contributed by atoms with Crippen molar-refractivity contribution in [3.05, 3.63) is 176 Å². The molecule has 5 nitrogen and oxygen atoms in total. The molecule has 0 saturated heterocycles. The summed E-state index contributed by atoms with van der Waals surface area (Å²) >= 11 is 0. The largest absolute Gasteiger partial charge is 0.455 e. The third kappa shape index (κ3) is 4.90. The third-order valence-corrected chi connectivity index (χ3v) is 10.4. The number of aromatic nitrogens is 3. The maximum Gasteiger partial charge on any atom is 0.167 e. The quantitative estimate of drug-likeness (QED) is 0.180. The highest BCUT2D eigenvalue weighted by molar-refractivity contribution is 6.19. The lowest BCUT2D eigenvalue weighted by Crippen LogP contribution is -2.01. The van der Waals surface area contributed by atoms with E-state index in [1.165, 1.54) is 0 Å². The predicted molar refractivity (Wildman–Crippen MR) is 219 cm³/mol. The van der Waals surface area contributed by atoms with Crippen LogP contribution >= 0.6 is 0 Å². The Morgan fingerprint density at radius 2 is 0.796 bits per heavy atom. The molecule has 0 aliphatic rings. The van der Waals surface area contributed by atoms with Crippen molar-refractivity contribution in [1.82, 2.24) is 15.0 Å². The Kier molecular flexibility index (Phi) is 6.79. The van der Waals surface area contributed by atoms with Crippen LogP contribution in [0.4, 0.5) is 0 Å². The first-order valence-corrected chi connectivity index (χ1v) is 18.0. The van der Waals surface area contributed by atoms with Gasteiger partial charge < -0.3 is 8.83 Å². The van der Waals surface area contributed by atoms with Crippen molar-refractivity contribution in [2.45, 2.75) is 0 Å². The van der Waals surface area contributed by atoms with E-state index in [9.17, 15) is 0 Å². The molecule has 0 aliphatic heterocycles. The molecule has 54 heavy (non-hydrogen) atoms. The lowest BCUT2D eigenvalue weighted by molar-refractivity contribution is 0.669. The van der Waals surface area contributed by atoms with Gasteiger partial charge in [0.1, 0.15) is 22.3 Å². The van der Waals surface area contributed by atoms with Crippen LogP contribution in [0, 0.1) is 0 Å². The second kappa shape index (κ2) is 12.1. The number of hydrogen-bond donors (Lipinski definition) is 0. The fourth-order valence-corrected chi connectivity index (χ4v) is 7.70. The van der Waals surface area contributed by atoms with Crippen LogP contribution in [0.5, 0.6) is 0 Å². The fourth-order valence-electron chi connectivity index (χ4n) is 7.70. The summed E-state index contributed by atoms with van der Waals surface area (Å²) in [5.74, 6) is 1.69. The van der Waals surface area contributed by atoms with Gasteiger partial charge in [0.25, 0.3) is 0 Å². The molecule has 0 atom stereocenters. The lowest BCUT2D eigenvalue weighted by Gasteiger charge is -2.11. The molecule has 0 radical (unpaired) electrons. The van der Waals surface area contributed by atoms with Gasteiger partial charge in [0, 0.05) is 38.1 Å². The maximum absolute atomic E-state index is 6.66. The summed E-state index contributed by atoms with van der Waals surface area (Å²) in [4.78, 5) is 15.6. The van der Waals surface area contributed by atoms with Crippen molar-refractivity contribution in [2.24, 2.45) is 0 Å². The van der Waals surface area contributed by atoms with E-state index in [1.807, 2.05) is 48.5 Å². The van der Waals surface area contributed by atoms with Crippen LogP contribution < -0.4 is 0 Å². The number of nitrogens with zero attached hydrogens (tertiary/aromatic N) is 3. The zero-order valence-electron chi connectivity index (χ0n) is 28.9. The first-order valence-electron chi connectivity index (χ1n) is 18.0. The number of furan rings is 2. The normalized spacial score (nSPS) is 11.7. The van der Waals surface area contributed by atoms with Crippen LogP contribution in [0.15, 0.2) is 185 Å². The monoisotopic (exact) mass is 691 g/mol. The van der Waals surface area contributed by atoms with E-state index in [4.69, 9.17) is 23.8 Å². The van der Waals surface area contributed by atoms with E-state index in [0.29, 0.717) is 17.5 Å². The van der Waals surface area contributed by atoms with E-state index in [0.717, 1.165) is 93.6 Å². The number of fused-ring (bicyclic) bond motifs is 8. The van der Waals surface area contributed by atoms with Gasteiger partial charge in [-0.2, -0.15) is 0 Å². The van der Waals surface area contributed by atoms with Gasteiger partial charge >= 0.3 is 0 Å². The maximum atomic E-state index is 6.66. The molecule has 0 amide bonds. The molecule has 3 aromatic heterocycles. The van der Waals surface area contributed by atoms with Crippen molar-refractivity contribution < 1.29 is 8.83 Å². The van der Waals surface area contributed by atoms with Gasteiger partial charge in [-0.25, -0.2) is 15.0 Å². The molecule has 3 heterocycles.